The van der Waals surface area contributed by atoms with Crippen LogP contribution in [0.15, 0.2) is 27.6 Å². The summed E-state index contributed by atoms with van der Waals surface area (Å²) in [7, 11) is -3.41. The maximum atomic E-state index is 12.5. The van der Waals surface area contributed by atoms with Gasteiger partial charge in [0.2, 0.25) is 10.0 Å². The first-order chi connectivity index (χ1) is 8.41. The predicted molar refractivity (Wildman–Crippen MR) is 82.1 cm³/mol. The Hall–Kier alpha value is -0.140. The van der Waals surface area contributed by atoms with Crippen LogP contribution < -0.4 is 5.73 Å². The third-order valence-electron chi connectivity index (χ3n) is 3.20. The van der Waals surface area contributed by atoms with Gasteiger partial charge in [-0.1, -0.05) is 6.07 Å². The number of hydrogen-bond donors (Lipinski definition) is 1. The van der Waals surface area contributed by atoms with E-state index in [1.54, 1.807) is 12.1 Å². The summed E-state index contributed by atoms with van der Waals surface area (Å²) in [6.07, 6.45) is 1.45. The fourth-order valence-electron chi connectivity index (χ4n) is 2.06. The van der Waals surface area contributed by atoms with Crippen LogP contribution in [0.1, 0.15) is 18.4 Å². The number of benzene rings is 1. The summed E-state index contributed by atoms with van der Waals surface area (Å²) in [6, 6.07) is 5.48. The molecule has 1 aromatic rings. The highest BCUT2D eigenvalue weighted by atomic mass is 79.9. The normalized spacial score (nSPS) is 18.1. The number of sulfonamides is 1. The minimum absolute atomic E-state index is 0. The Kier molecular flexibility index (Phi) is 5.82. The van der Waals surface area contributed by atoms with Crippen LogP contribution in [-0.2, 0) is 10.0 Å². The Morgan fingerprint density at radius 2 is 1.89 bits per heavy atom. The van der Waals surface area contributed by atoms with Crippen LogP contribution >= 0.6 is 28.3 Å². The molecule has 1 aliphatic heterocycles. The summed E-state index contributed by atoms with van der Waals surface area (Å²) in [5.74, 6) is 0. The molecule has 2 rings (SSSR count). The van der Waals surface area contributed by atoms with Crippen molar-refractivity contribution in [2.45, 2.75) is 30.7 Å². The molecule has 1 aromatic carbocycles. The molecule has 0 radical (unpaired) electrons. The molecular formula is C12H18BrClN2O2S. The van der Waals surface area contributed by atoms with Crippen molar-refractivity contribution in [2.24, 2.45) is 5.73 Å². The number of halogens is 2. The average Bonchev–Trinajstić information content (AvgIpc) is 2.32. The lowest BCUT2D eigenvalue weighted by molar-refractivity contribution is 0.320. The molecule has 0 saturated carbocycles. The van der Waals surface area contributed by atoms with Crippen molar-refractivity contribution in [1.29, 1.82) is 0 Å². The standard InChI is InChI=1S/C12H17BrN2O2S.ClH/c1-9-2-3-11(13)12(8-9)18(16,17)15-6-4-10(14)5-7-15;/h2-3,8,10H,4-7,14H2,1H3;1H. The van der Waals surface area contributed by atoms with Crippen LogP contribution in [0.2, 0.25) is 0 Å². The highest BCUT2D eigenvalue weighted by Crippen LogP contribution is 2.27. The van der Waals surface area contributed by atoms with Gasteiger partial charge in [-0.15, -0.1) is 12.4 Å². The monoisotopic (exact) mass is 368 g/mol. The fourth-order valence-corrected chi connectivity index (χ4v) is 4.54. The molecule has 0 unspecified atom stereocenters. The van der Waals surface area contributed by atoms with Gasteiger partial charge in [-0.05, 0) is 53.4 Å². The van der Waals surface area contributed by atoms with Gasteiger partial charge >= 0.3 is 0 Å². The number of nitrogens with two attached hydrogens (primary N) is 1. The van der Waals surface area contributed by atoms with Crippen molar-refractivity contribution >= 4 is 38.4 Å². The molecular weight excluding hydrogens is 352 g/mol. The second kappa shape index (κ2) is 6.54. The van der Waals surface area contributed by atoms with Crippen molar-refractivity contribution in [1.82, 2.24) is 4.31 Å². The lowest BCUT2D eigenvalue weighted by atomic mass is 10.1. The molecule has 0 aromatic heterocycles. The van der Waals surface area contributed by atoms with Crippen LogP contribution in [0.3, 0.4) is 0 Å². The molecule has 7 heteroatoms. The van der Waals surface area contributed by atoms with Gasteiger partial charge in [0.05, 0.1) is 4.90 Å². The van der Waals surface area contributed by atoms with Gasteiger partial charge in [0, 0.05) is 23.6 Å². The number of piperidine rings is 1. The van der Waals surface area contributed by atoms with E-state index >= 15 is 0 Å². The highest BCUT2D eigenvalue weighted by molar-refractivity contribution is 9.10. The molecule has 1 aliphatic rings. The molecule has 0 aliphatic carbocycles. The van der Waals surface area contributed by atoms with Crippen molar-refractivity contribution < 1.29 is 8.42 Å². The smallest absolute Gasteiger partial charge is 0.244 e. The second-order valence-corrected chi connectivity index (χ2v) is 7.44. The summed E-state index contributed by atoms with van der Waals surface area (Å²) in [5, 5.41) is 0. The minimum Gasteiger partial charge on any atom is -0.328 e. The zero-order valence-electron chi connectivity index (χ0n) is 10.7. The van der Waals surface area contributed by atoms with E-state index < -0.39 is 10.0 Å². The average molecular weight is 370 g/mol. The molecule has 1 fully saturated rings. The van der Waals surface area contributed by atoms with Gasteiger partial charge < -0.3 is 5.73 Å². The zero-order valence-corrected chi connectivity index (χ0v) is 13.9. The van der Waals surface area contributed by atoms with Crippen LogP contribution in [-0.4, -0.2) is 31.9 Å². The Morgan fingerprint density at radius 3 is 2.47 bits per heavy atom. The van der Waals surface area contributed by atoms with E-state index in [4.69, 9.17) is 5.73 Å². The van der Waals surface area contributed by atoms with Crippen molar-refractivity contribution in [3.05, 3.63) is 28.2 Å². The third kappa shape index (κ3) is 3.70. The SMILES string of the molecule is Cc1ccc(Br)c(S(=O)(=O)N2CCC(N)CC2)c1.Cl. The summed E-state index contributed by atoms with van der Waals surface area (Å²) < 4.78 is 27.2. The first-order valence-corrected chi connectivity index (χ1v) is 8.16. The lowest BCUT2D eigenvalue weighted by Gasteiger charge is -2.29. The second-order valence-electron chi connectivity index (χ2n) is 4.68. The summed E-state index contributed by atoms with van der Waals surface area (Å²) >= 11 is 3.31. The van der Waals surface area contributed by atoms with Crippen LogP contribution in [0.25, 0.3) is 0 Å². The quantitative estimate of drug-likeness (QED) is 0.870. The first-order valence-electron chi connectivity index (χ1n) is 5.93. The van der Waals surface area contributed by atoms with Crippen LogP contribution in [0.4, 0.5) is 0 Å². The third-order valence-corrected chi connectivity index (χ3v) is 6.10. The molecule has 1 saturated heterocycles. The van der Waals surface area contributed by atoms with Gasteiger partial charge in [0.1, 0.15) is 0 Å². The molecule has 0 spiro atoms. The van der Waals surface area contributed by atoms with E-state index in [2.05, 4.69) is 15.9 Å². The molecule has 4 nitrogen and oxygen atoms in total. The van der Waals surface area contributed by atoms with E-state index in [-0.39, 0.29) is 18.4 Å². The zero-order chi connectivity index (χ0) is 13.3. The number of rotatable bonds is 2. The Morgan fingerprint density at radius 1 is 1.32 bits per heavy atom. The Bertz CT molecular complexity index is 543. The van der Waals surface area contributed by atoms with E-state index in [0.29, 0.717) is 22.5 Å². The molecule has 0 atom stereocenters. The maximum Gasteiger partial charge on any atom is 0.244 e. The predicted octanol–water partition coefficient (Wildman–Crippen LogP) is 2.29. The Balaban J connectivity index is 0.00000180. The van der Waals surface area contributed by atoms with Crippen LogP contribution in [0, 0.1) is 6.92 Å². The number of nitrogens with zero attached hydrogens (tertiary/aromatic N) is 1. The summed E-state index contributed by atoms with van der Waals surface area (Å²) in [6.45, 7) is 2.89. The Labute approximate surface area is 128 Å². The van der Waals surface area contributed by atoms with E-state index in [9.17, 15) is 8.42 Å². The van der Waals surface area contributed by atoms with Gasteiger partial charge in [0.15, 0.2) is 0 Å². The van der Waals surface area contributed by atoms with Gasteiger partial charge in [-0.25, -0.2) is 8.42 Å². The van der Waals surface area contributed by atoms with E-state index in [1.165, 1.54) is 4.31 Å². The van der Waals surface area contributed by atoms with Gasteiger partial charge in [-0.3, -0.25) is 0 Å². The van der Waals surface area contributed by atoms with Crippen molar-refractivity contribution in [2.75, 3.05) is 13.1 Å². The molecule has 108 valence electrons. The minimum atomic E-state index is -3.41. The van der Waals surface area contributed by atoms with Crippen LogP contribution in [0.5, 0.6) is 0 Å². The molecule has 1 heterocycles. The molecule has 0 bridgehead atoms. The topological polar surface area (TPSA) is 63.4 Å². The highest BCUT2D eigenvalue weighted by Gasteiger charge is 2.29. The molecule has 19 heavy (non-hydrogen) atoms. The van der Waals surface area contributed by atoms with Gasteiger partial charge in [0.25, 0.3) is 0 Å². The molecule has 0 amide bonds. The largest absolute Gasteiger partial charge is 0.328 e. The van der Waals surface area contributed by atoms with E-state index in [1.807, 2.05) is 13.0 Å². The maximum absolute atomic E-state index is 12.5. The van der Waals surface area contributed by atoms with E-state index in [0.717, 1.165) is 18.4 Å². The van der Waals surface area contributed by atoms with Gasteiger partial charge in [-0.2, -0.15) is 4.31 Å². The van der Waals surface area contributed by atoms with Crippen molar-refractivity contribution in [3.63, 3.8) is 0 Å². The summed E-state index contributed by atoms with van der Waals surface area (Å²) in [5.41, 5.74) is 6.74. The van der Waals surface area contributed by atoms with Crippen molar-refractivity contribution in [3.8, 4) is 0 Å². The lowest BCUT2D eigenvalue weighted by Crippen LogP contribution is -2.42. The number of aryl methyl sites for hydroxylation is 1. The fraction of sp³-hybridized carbons (Fsp3) is 0.500. The number of hydrogen-bond acceptors (Lipinski definition) is 3. The summed E-state index contributed by atoms with van der Waals surface area (Å²) in [4.78, 5) is 0.345. The first kappa shape index (κ1) is 16.9. The molecule has 2 N–H and O–H groups in total.